The van der Waals surface area contributed by atoms with Gasteiger partial charge in [0.05, 0.1) is 17.5 Å². The molecule has 0 saturated carbocycles. The van der Waals surface area contributed by atoms with Crippen LogP contribution < -0.4 is 16.6 Å². The Morgan fingerprint density at radius 3 is 2.85 bits per heavy atom. The van der Waals surface area contributed by atoms with Gasteiger partial charge in [0, 0.05) is 12.5 Å². The van der Waals surface area contributed by atoms with Gasteiger partial charge in [-0.15, -0.1) is 0 Å². The lowest BCUT2D eigenvalue weighted by atomic mass is 10.1. The van der Waals surface area contributed by atoms with Crippen molar-refractivity contribution in [2.45, 2.75) is 19.4 Å². The summed E-state index contributed by atoms with van der Waals surface area (Å²) >= 11 is 0. The molecule has 5 nitrogen and oxygen atoms in total. The molecule has 1 amide bonds. The molecule has 1 atom stereocenters. The van der Waals surface area contributed by atoms with E-state index in [1.807, 2.05) is 13.0 Å². The van der Waals surface area contributed by atoms with Gasteiger partial charge in [0.2, 0.25) is 0 Å². The molecular weight excluding hydrogens is 261 g/mol. The molecule has 2 rings (SSSR count). The minimum Gasteiger partial charge on any atom is -0.469 e. The molecule has 1 heterocycles. The van der Waals surface area contributed by atoms with Crippen LogP contribution in [0.15, 0.2) is 41.0 Å². The van der Waals surface area contributed by atoms with E-state index in [1.165, 1.54) is 18.2 Å². The number of rotatable bonds is 5. The van der Waals surface area contributed by atoms with Gasteiger partial charge >= 0.3 is 0 Å². The number of halogens is 1. The largest absolute Gasteiger partial charge is 0.469 e. The van der Waals surface area contributed by atoms with Crippen LogP contribution in [-0.2, 0) is 6.42 Å². The summed E-state index contributed by atoms with van der Waals surface area (Å²) in [6.07, 6.45) is 2.13. The SMILES string of the molecule is CC(Cc1ccco1)NC(=O)c1cccc(F)c1NN. The number of amides is 1. The molecule has 0 spiro atoms. The van der Waals surface area contributed by atoms with Gasteiger partial charge in [-0.3, -0.25) is 10.6 Å². The van der Waals surface area contributed by atoms with Gasteiger partial charge in [-0.25, -0.2) is 4.39 Å². The van der Waals surface area contributed by atoms with Crippen LogP contribution in [0, 0.1) is 5.82 Å². The zero-order chi connectivity index (χ0) is 14.5. The fraction of sp³-hybridized carbons (Fsp3) is 0.214. The Balaban J connectivity index is 2.06. The number of nitrogen functional groups attached to an aromatic ring is 1. The number of nitrogens with one attached hydrogen (secondary N) is 2. The lowest BCUT2D eigenvalue weighted by molar-refractivity contribution is 0.0939. The summed E-state index contributed by atoms with van der Waals surface area (Å²) in [6, 6.07) is 7.67. The smallest absolute Gasteiger partial charge is 0.253 e. The van der Waals surface area contributed by atoms with Crippen LogP contribution >= 0.6 is 0 Å². The number of benzene rings is 1. The maximum atomic E-state index is 13.5. The standard InChI is InChI=1S/C14H16FN3O2/c1-9(8-10-4-3-7-20-10)17-14(19)11-5-2-6-12(15)13(11)18-16/h2-7,9,18H,8,16H2,1H3,(H,17,19). The second-order valence-corrected chi connectivity index (χ2v) is 4.46. The van der Waals surface area contributed by atoms with Crippen LogP contribution in [0.1, 0.15) is 23.0 Å². The van der Waals surface area contributed by atoms with Crippen LogP contribution in [0.25, 0.3) is 0 Å². The number of para-hydroxylation sites is 1. The molecular formula is C14H16FN3O2. The number of furan rings is 1. The Morgan fingerprint density at radius 2 is 2.20 bits per heavy atom. The molecule has 4 N–H and O–H groups in total. The van der Waals surface area contributed by atoms with Crippen molar-refractivity contribution in [2.24, 2.45) is 5.84 Å². The monoisotopic (exact) mass is 277 g/mol. The molecule has 2 aromatic rings. The normalized spacial score (nSPS) is 11.9. The average molecular weight is 277 g/mol. The molecule has 0 bridgehead atoms. The Hall–Kier alpha value is -2.34. The highest BCUT2D eigenvalue weighted by molar-refractivity contribution is 5.99. The second-order valence-electron chi connectivity index (χ2n) is 4.46. The summed E-state index contributed by atoms with van der Waals surface area (Å²) in [7, 11) is 0. The van der Waals surface area contributed by atoms with Crippen molar-refractivity contribution >= 4 is 11.6 Å². The molecule has 0 aliphatic heterocycles. The van der Waals surface area contributed by atoms with Crippen LogP contribution in [-0.4, -0.2) is 11.9 Å². The predicted octanol–water partition coefficient (Wildman–Crippen LogP) is 2.07. The third-order valence-electron chi connectivity index (χ3n) is 2.87. The van der Waals surface area contributed by atoms with Crippen molar-refractivity contribution in [2.75, 3.05) is 5.43 Å². The summed E-state index contributed by atoms with van der Waals surface area (Å²) in [6.45, 7) is 1.84. The van der Waals surface area contributed by atoms with E-state index in [1.54, 1.807) is 12.3 Å². The minimum absolute atomic E-state index is 0.0183. The predicted molar refractivity (Wildman–Crippen MR) is 73.6 cm³/mol. The highest BCUT2D eigenvalue weighted by Crippen LogP contribution is 2.18. The van der Waals surface area contributed by atoms with Crippen molar-refractivity contribution in [1.29, 1.82) is 0 Å². The van der Waals surface area contributed by atoms with Crippen molar-refractivity contribution in [3.63, 3.8) is 0 Å². The van der Waals surface area contributed by atoms with Gasteiger partial charge in [-0.05, 0) is 31.2 Å². The maximum absolute atomic E-state index is 13.5. The highest BCUT2D eigenvalue weighted by Gasteiger charge is 2.16. The first-order valence-electron chi connectivity index (χ1n) is 6.20. The third kappa shape index (κ3) is 3.16. The van der Waals surface area contributed by atoms with Crippen LogP contribution in [0.5, 0.6) is 0 Å². The lowest BCUT2D eigenvalue weighted by Gasteiger charge is -2.15. The molecule has 0 fully saturated rings. The summed E-state index contributed by atoms with van der Waals surface area (Å²) in [4.78, 5) is 12.1. The van der Waals surface area contributed by atoms with Gasteiger partial charge < -0.3 is 15.2 Å². The van der Waals surface area contributed by atoms with E-state index in [0.717, 1.165) is 5.76 Å². The second kappa shape index (κ2) is 6.21. The molecule has 106 valence electrons. The van der Waals surface area contributed by atoms with Crippen LogP contribution in [0.3, 0.4) is 0 Å². The van der Waals surface area contributed by atoms with Crippen molar-refractivity contribution < 1.29 is 13.6 Å². The van der Waals surface area contributed by atoms with E-state index in [9.17, 15) is 9.18 Å². The van der Waals surface area contributed by atoms with Gasteiger partial charge in [-0.1, -0.05) is 6.07 Å². The Morgan fingerprint density at radius 1 is 1.40 bits per heavy atom. The van der Waals surface area contributed by atoms with Gasteiger partial charge in [-0.2, -0.15) is 0 Å². The molecule has 0 aliphatic carbocycles. The molecule has 6 heteroatoms. The highest BCUT2D eigenvalue weighted by atomic mass is 19.1. The molecule has 0 saturated heterocycles. The van der Waals surface area contributed by atoms with Crippen molar-refractivity contribution in [3.05, 3.63) is 53.7 Å². The number of anilines is 1. The number of carbonyl (C=O) groups excluding carboxylic acids is 1. The number of nitrogens with two attached hydrogens (primary N) is 1. The zero-order valence-corrected chi connectivity index (χ0v) is 11.0. The first-order chi connectivity index (χ1) is 9.61. The van der Waals surface area contributed by atoms with Crippen molar-refractivity contribution in [3.8, 4) is 0 Å². The minimum atomic E-state index is -0.571. The topological polar surface area (TPSA) is 80.3 Å². The van der Waals surface area contributed by atoms with E-state index >= 15 is 0 Å². The first-order valence-corrected chi connectivity index (χ1v) is 6.20. The summed E-state index contributed by atoms with van der Waals surface area (Å²) in [5.41, 5.74) is 2.36. The van der Waals surface area contributed by atoms with E-state index < -0.39 is 11.7 Å². The average Bonchev–Trinajstić information content (AvgIpc) is 2.90. The maximum Gasteiger partial charge on any atom is 0.253 e. The Labute approximate surface area is 115 Å². The molecule has 20 heavy (non-hydrogen) atoms. The quantitative estimate of drug-likeness (QED) is 0.577. The van der Waals surface area contributed by atoms with Crippen LogP contribution in [0.2, 0.25) is 0 Å². The fourth-order valence-corrected chi connectivity index (χ4v) is 1.94. The summed E-state index contributed by atoms with van der Waals surface area (Å²) < 4.78 is 18.7. The summed E-state index contributed by atoms with van der Waals surface area (Å²) in [5, 5.41) is 2.78. The van der Waals surface area contributed by atoms with Gasteiger partial charge in [0.1, 0.15) is 11.6 Å². The van der Waals surface area contributed by atoms with E-state index in [2.05, 4.69) is 10.7 Å². The lowest BCUT2D eigenvalue weighted by Crippen LogP contribution is -2.34. The Bertz CT molecular complexity index is 584. The van der Waals surface area contributed by atoms with Gasteiger partial charge in [0.25, 0.3) is 5.91 Å². The Kier molecular flexibility index (Phi) is 4.37. The molecule has 0 aliphatic rings. The van der Waals surface area contributed by atoms with E-state index in [-0.39, 0.29) is 17.3 Å². The molecule has 0 radical (unpaired) electrons. The number of carbonyl (C=O) groups is 1. The third-order valence-corrected chi connectivity index (χ3v) is 2.87. The van der Waals surface area contributed by atoms with Crippen LogP contribution in [0.4, 0.5) is 10.1 Å². The zero-order valence-electron chi connectivity index (χ0n) is 11.0. The van der Waals surface area contributed by atoms with Gasteiger partial charge in [0.15, 0.2) is 0 Å². The number of hydrazine groups is 1. The molecule has 1 aromatic heterocycles. The first kappa shape index (κ1) is 14.1. The molecule has 1 unspecified atom stereocenters. The van der Waals surface area contributed by atoms with E-state index in [0.29, 0.717) is 6.42 Å². The number of hydrogen-bond acceptors (Lipinski definition) is 4. The number of hydrogen-bond donors (Lipinski definition) is 3. The summed E-state index contributed by atoms with van der Waals surface area (Å²) in [5.74, 6) is 5.05. The fourth-order valence-electron chi connectivity index (χ4n) is 1.94. The van der Waals surface area contributed by atoms with Crippen molar-refractivity contribution in [1.82, 2.24) is 5.32 Å². The molecule has 1 aromatic carbocycles. The van der Waals surface area contributed by atoms with E-state index in [4.69, 9.17) is 10.3 Å².